The Morgan fingerprint density at radius 3 is 2.64 bits per heavy atom. The molecule has 0 bridgehead atoms. The Morgan fingerprint density at radius 1 is 1.09 bits per heavy atom. The van der Waals surface area contributed by atoms with Gasteiger partial charge in [0.1, 0.15) is 0 Å². The fourth-order valence-corrected chi connectivity index (χ4v) is 4.15. The van der Waals surface area contributed by atoms with E-state index in [0.717, 1.165) is 38.5 Å². The molecule has 3 nitrogen and oxygen atoms in total. The number of hydrogen-bond donors (Lipinski definition) is 2. The minimum atomic E-state index is 0.140. The van der Waals surface area contributed by atoms with Crippen LogP contribution in [0.5, 0.6) is 0 Å². The topological polar surface area (TPSA) is 55.1 Å². The SMILES string of the molecule is NC1CCCC(C(=O)NC2CCCC2Cc2ccccc2)C1. The van der Waals surface area contributed by atoms with Crippen LogP contribution in [0.4, 0.5) is 0 Å². The molecule has 2 aliphatic carbocycles. The van der Waals surface area contributed by atoms with E-state index in [4.69, 9.17) is 5.73 Å². The summed E-state index contributed by atoms with van der Waals surface area (Å²) in [4.78, 5) is 12.5. The van der Waals surface area contributed by atoms with E-state index in [2.05, 4.69) is 35.6 Å². The number of carbonyl (C=O) groups is 1. The van der Waals surface area contributed by atoms with Crippen molar-refractivity contribution in [3.63, 3.8) is 0 Å². The molecule has 0 spiro atoms. The van der Waals surface area contributed by atoms with Gasteiger partial charge in [0, 0.05) is 18.0 Å². The molecule has 3 N–H and O–H groups in total. The molecule has 1 aromatic rings. The molecule has 1 amide bonds. The van der Waals surface area contributed by atoms with Crippen LogP contribution in [0.2, 0.25) is 0 Å². The quantitative estimate of drug-likeness (QED) is 0.898. The lowest BCUT2D eigenvalue weighted by Crippen LogP contribution is -2.44. The first-order valence-corrected chi connectivity index (χ1v) is 8.82. The first kappa shape index (κ1) is 15.5. The molecule has 2 fully saturated rings. The molecule has 0 saturated heterocycles. The van der Waals surface area contributed by atoms with Gasteiger partial charge in [-0.05, 0) is 50.0 Å². The lowest BCUT2D eigenvalue weighted by molar-refractivity contribution is -0.127. The maximum atomic E-state index is 12.5. The van der Waals surface area contributed by atoms with Crippen molar-refractivity contribution in [2.24, 2.45) is 17.6 Å². The summed E-state index contributed by atoms with van der Waals surface area (Å²) >= 11 is 0. The molecule has 120 valence electrons. The van der Waals surface area contributed by atoms with Crippen LogP contribution in [0.15, 0.2) is 30.3 Å². The van der Waals surface area contributed by atoms with Gasteiger partial charge < -0.3 is 11.1 Å². The second-order valence-corrected chi connectivity index (χ2v) is 7.12. The van der Waals surface area contributed by atoms with Gasteiger partial charge in [-0.1, -0.05) is 43.2 Å². The van der Waals surface area contributed by atoms with Crippen LogP contribution in [-0.4, -0.2) is 18.0 Å². The average molecular weight is 300 g/mol. The van der Waals surface area contributed by atoms with Crippen molar-refractivity contribution in [1.82, 2.24) is 5.32 Å². The molecule has 0 aliphatic heterocycles. The lowest BCUT2D eigenvalue weighted by atomic mass is 9.85. The summed E-state index contributed by atoms with van der Waals surface area (Å²) in [6.07, 6.45) is 8.70. The van der Waals surface area contributed by atoms with Gasteiger partial charge in [-0.3, -0.25) is 4.79 Å². The number of nitrogens with two attached hydrogens (primary N) is 1. The minimum Gasteiger partial charge on any atom is -0.353 e. The molecule has 1 aromatic carbocycles. The number of nitrogens with one attached hydrogen (secondary N) is 1. The van der Waals surface area contributed by atoms with Gasteiger partial charge in [-0.15, -0.1) is 0 Å². The first-order valence-electron chi connectivity index (χ1n) is 8.82. The molecule has 4 atom stereocenters. The molecule has 3 heteroatoms. The van der Waals surface area contributed by atoms with Crippen molar-refractivity contribution in [2.75, 3.05) is 0 Å². The van der Waals surface area contributed by atoms with E-state index in [0.29, 0.717) is 12.0 Å². The summed E-state index contributed by atoms with van der Waals surface area (Å²) in [6.45, 7) is 0. The third kappa shape index (κ3) is 3.89. The Labute approximate surface area is 133 Å². The highest BCUT2D eigenvalue weighted by molar-refractivity contribution is 5.79. The summed E-state index contributed by atoms with van der Waals surface area (Å²) in [7, 11) is 0. The van der Waals surface area contributed by atoms with Gasteiger partial charge in [-0.25, -0.2) is 0 Å². The van der Waals surface area contributed by atoms with Crippen LogP contribution in [0.1, 0.15) is 50.5 Å². The highest BCUT2D eigenvalue weighted by Gasteiger charge is 2.32. The zero-order valence-corrected chi connectivity index (χ0v) is 13.3. The predicted molar refractivity (Wildman–Crippen MR) is 89.4 cm³/mol. The van der Waals surface area contributed by atoms with Crippen molar-refractivity contribution in [3.05, 3.63) is 35.9 Å². The third-order valence-electron chi connectivity index (χ3n) is 5.41. The Hall–Kier alpha value is -1.35. The van der Waals surface area contributed by atoms with Gasteiger partial charge in [0.25, 0.3) is 0 Å². The van der Waals surface area contributed by atoms with E-state index in [1.165, 1.54) is 18.4 Å². The zero-order valence-electron chi connectivity index (χ0n) is 13.3. The molecule has 3 rings (SSSR count). The van der Waals surface area contributed by atoms with Crippen LogP contribution in [0.3, 0.4) is 0 Å². The van der Waals surface area contributed by atoms with Crippen LogP contribution in [-0.2, 0) is 11.2 Å². The zero-order chi connectivity index (χ0) is 15.4. The highest BCUT2D eigenvalue weighted by atomic mass is 16.1. The molecule has 0 radical (unpaired) electrons. The van der Waals surface area contributed by atoms with Gasteiger partial charge in [0.2, 0.25) is 5.91 Å². The van der Waals surface area contributed by atoms with Crippen molar-refractivity contribution in [3.8, 4) is 0 Å². The Kier molecular flexibility index (Phi) is 5.14. The lowest BCUT2D eigenvalue weighted by Gasteiger charge is -2.28. The van der Waals surface area contributed by atoms with Gasteiger partial charge >= 0.3 is 0 Å². The van der Waals surface area contributed by atoms with E-state index in [9.17, 15) is 4.79 Å². The summed E-state index contributed by atoms with van der Waals surface area (Å²) in [5.74, 6) is 0.977. The normalized spacial score (nSPS) is 31.9. The van der Waals surface area contributed by atoms with Gasteiger partial charge in [0.15, 0.2) is 0 Å². The molecular formula is C19H28N2O. The van der Waals surface area contributed by atoms with Gasteiger partial charge in [0.05, 0.1) is 0 Å². The molecule has 0 aromatic heterocycles. The Bertz CT molecular complexity index is 487. The second-order valence-electron chi connectivity index (χ2n) is 7.12. The Balaban J connectivity index is 1.55. The number of hydrogen-bond acceptors (Lipinski definition) is 2. The van der Waals surface area contributed by atoms with Crippen LogP contribution >= 0.6 is 0 Å². The summed E-state index contributed by atoms with van der Waals surface area (Å²) in [5, 5.41) is 3.34. The summed E-state index contributed by atoms with van der Waals surface area (Å²) in [6, 6.07) is 11.2. The number of rotatable bonds is 4. The van der Waals surface area contributed by atoms with E-state index in [-0.39, 0.29) is 17.9 Å². The first-order chi connectivity index (χ1) is 10.7. The van der Waals surface area contributed by atoms with Crippen molar-refractivity contribution < 1.29 is 4.79 Å². The molecule has 4 unspecified atom stereocenters. The summed E-state index contributed by atoms with van der Waals surface area (Å²) < 4.78 is 0. The van der Waals surface area contributed by atoms with Crippen LogP contribution < -0.4 is 11.1 Å². The third-order valence-corrected chi connectivity index (χ3v) is 5.41. The van der Waals surface area contributed by atoms with E-state index in [1.54, 1.807) is 0 Å². The fraction of sp³-hybridized carbons (Fsp3) is 0.632. The maximum Gasteiger partial charge on any atom is 0.223 e. The molecule has 22 heavy (non-hydrogen) atoms. The molecule has 2 saturated carbocycles. The van der Waals surface area contributed by atoms with Gasteiger partial charge in [-0.2, -0.15) is 0 Å². The molecule has 2 aliphatic rings. The summed E-state index contributed by atoms with van der Waals surface area (Å²) in [5.41, 5.74) is 7.40. The van der Waals surface area contributed by atoms with E-state index < -0.39 is 0 Å². The Morgan fingerprint density at radius 2 is 1.86 bits per heavy atom. The number of carbonyl (C=O) groups excluding carboxylic acids is 1. The smallest absolute Gasteiger partial charge is 0.223 e. The molecular weight excluding hydrogens is 272 g/mol. The predicted octanol–water partition coefficient (Wildman–Crippen LogP) is 3.03. The van der Waals surface area contributed by atoms with E-state index in [1.807, 2.05) is 0 Å². The number of amides is 1. The largest absolute Gasteiger partial charge is 0.353 e. The van der Waals surface area contributed by atoms with E-state index >= 15 is 0 Å². The maximum absolute atomic E-state index is 12.5. The van der Waals surface area contributed by atoms with Crippen molar-refractivity contribution in [2.45, 2.75) is 63.5 Å². The monoisotopic (exact) mass is 300 g/mol. The van der Waals surface area contributed by atoms with Crippen LogP contribution in [0.25, 0.3) is 0 Å². The second kappa shape index (κ2) is 7.28. The standard InChI is InChI=1S/C19H28N2O/c20-17-10-4-9-16(13-17)19(22)21-18-11-5-8-15(18)12-14-6-2-1-3-7-14/h1-3,6-7,15-18H,4-5,8-13,20H2,(H,21,22). The number of benzene rings is 1. The van der Waals surface area contributed by atoms with Crippen LogP contribution in [0, 0.1) is 11.8 Å². The molecule has 0 heterocycles. The highest BCUT2D eigenvalue weighted by Crippen LogP contribution is 2.30. The minimum absolute atomic E-state index is 0.140. The fourth-order valence-electron chi connectivity index (χ4n) is 4.15. The van der Waals surface area contributed by atoms with Crippen molar-refractivity contribution in [1.29, 1.82) is 0 Å². The average Bonchev–Trinajstić information content (AvgIpc) is 2.95. The van der Waals surface area contributed by atoms with Crippen molar-refractivity contribution >= 4 is 5.91 Å².